The summed E-state index contributed by atoms with van der Waals surface area (Å²) < 4.78 is 0. The number of hydrogen-bond donors (Lipinski definition) is 1. The van der Waals surface area contributed by atoms with E-state index < -0.39 is 0 Å². The van der Waals surface area contributed by atoms with Crippen molar-refractivity contribution in [1.82, 2.24) is 4.98 Å². The van der Waals surface area contributed by atoms with Crippen molar-refractivity contribution in [1.29, 1.82) is 0 Å². The first-order chi connectivity index (χ1) is 7.14. The number of nitrogens with zero attached hydrogens (tertiary/aromatic N) is 1. The third-order valence-corrected chi connectivity index (χ3v) is 2.89. The monoisotopic (exact) mass is 198 g/mol. The average molecular weight is 198 g/mol. The molecule has 1 N–H and O–H groups in total. The van der Waals surface area contributed by atoms with Crippen molar-refractivity contribution >= 4 is 16.7 Å². The lowest BCUT2D eigenvalue weighted by molar-refractivity contribution is 0.593. The van der Waals surface area contributed by atoms with Crippen LogP contribution in [-0.2, 0) is 6.42 Å². The summed E-state index contributed by atoms with van der Waals surface area (Å²) in [6.45, 7) is 4.42. The minimum atomic E-state index is 0.146. The van der Waals surface area contributed by atoms with E-state index in [1.165, 1.54) is 10.9 Å². The number of para-hydroxylation sites is 1. The average Bonchev–Trinajstić information content (AvgIpc) is 2.46. The second kappa shape index (κ2) is 2.72. The first-order valence-corrected chi connectivity index (χ1v) is 5.31. The quantitative estimate of drug-likeness (QED) is 0.704. The normalized spacial score (nSPS) is 17.5. The molecule has 76 valence electrons. The molecule has 1 aliphatic rings. The van der Waals surface area contributed by atoms with Crippen LogP contribution in [-0.4, -0.2) is 10.5 Å². The first-order valence-electron chi connectivity index (χ1n) is 5.31. The van der Waals surface area contributed by atoms with Crippen molar-refractivity contribution in [2.24, 2.45) is 0 Å². The molecular formula is C13H14N2. The molecule has 1 aliphatic heterocycles. The molecule has 3 rings (SSSR count). The summed E-state index contributed by atoms with van der Waals surface area (Å²) in [5, 5.41) is 4.69. The summed E-state index contributed by atoms with van der Waals surface area (Å²) in [7, 11) is 0. The number of nitrogens with one attached hydrogen (secondary N) is 1. The maximum Gasteiger partial charge on any atom is 0.130 e. The van der Waals surface area contributed by atoms with E-state index in [1.54, 1.807) is 0 Å². The number of hydrogen-bond acceptors (Lipinski definition) is 2. The van der Waals surface area contributed by atoms with Crippen LogP contribution in [0.2, 0.25) is 0 Å². The molecule has 0 fully saturated rings. The van der Waals surface area contributed by atoms with Crippen molar-refractivity contribution < 1.29 is 0 Å². The van der Waals surface area contributed by atoms with Crippen LogP contribution in [0.5, 0.6) is 0 Å². The topological polar surface area (TPSA) is 24.9 Å². The number of aromatic nitrogens is 1. The van der Waals surface area contributed by atoms with Crippen LogP contribution in [0.25, 0.3) is 10.9 Å². The number of fused-ring (bicyclic) bond motifs is 2. The summed E-state index contributed by atoms with van der Waals surface area (Å²) in [4.78, 5) is 4.64. The second-order valence-electron chi connectivity index (χ2n) is 4.87. The van der Waals surface area contributed by atoms with Gasteiger partial charge in [0.2, 0.25) is 0 Å². The van der Waals surface area contributed by atoms with Gasteiger partial charge in [0.05, 0.1) is 5.52 Å². The fourth-order valence-corrected chi connectivity index (χ4v) is 2.24. The summed E-state index contributed by atoms with van der Waals surface area (Å²) in [5.41, 5.74) is 2.55. The Bertz CT molecular complexity index is 483. The van der Waals surface area contributed by atoms with E-state index >= 15 is 0 Å². The summed E-state index contributed by atoms with van der Waals surface area (Å²) in [6, 6.07) is 10.5. The van der Waals surface area contributed by atoms with E-state index in [9.17, 15) is 0 Å². The van der Waals surface area contributed by atoms with Gasteiger partial charge in [-0.2, -0.15) is 0 Å². The number of rotatable bonds is 0. The van der Waals surface area contributed by atoms with Gasteiger partial charge >= 0.3 is 0 Å². The second-order valence-corrected chi connectivity index (χ2v) is 4.87. The van der Waals surface area contributed by atoms with E-state index in [-0.39, 0.29) is 5.54 Å². The van der Waals surface area contributed by atoms with Gasteiger partial charge in [-0.05, 0) is 38.0 Å². The molecule has 0 radical (unpaired) electrons. The lowest BCUT2D eigenvalue weighted by Crippen LogP contribution is -2.27. The Kier molecular flexibility index (Phi) is 1.58. The number of anilines is 1. The minimum absolute atomic E-state index is 0.146. The molecule has 2 heterocycles. The molecule has 15 heavy (non-hydrogen) atoms. The van der Waals surface area contributed by atoms with Crippen molar-refractivity contribution in [2.75, 3.05) is 5.32 Å². The van der Waals surface area contributed by atoms with Crippen LogP contribution in [0.1, 0.15) is 19.4 Å². The van der Waals surface area contributed by atoms with Crippen molar-refractivity contribution in [3.8, 4) is 0 Å². The Labute approximate surface area is 89.3 Å². The highest BCUT2D eigenvalue weighted by Gasteiger charge is 2.28. The number of benzene rings is 1. The van der Waals surface area contributed by atoms with Crippen LogP contribution in [0.4, 0.5) is 5.82 Å². The van der Waals surface area contributed by atoms with Crippen molar-refractivity contribution in [3.05, 3.63) is 35.9 Å². The molecule has 0 saturated carbocycles. The van der Waals surface area contributed by atoms with Gasteiger partial charge in [0.15, 0.2) is 0 Å². The fourth-order valence-electron chi connectivity index (χ4n) is 2.24. The predicted molar refractivity (Wildman–Crippen MR) is 63.1 cm³/mol. The zero-order valence-electron chi connectivity index (χ0n) is 9.04. The zero-order chi connectivity index (χ0) is 10.5. The van der Waals surface area contributed by atoms with Crippen LogP contribution in [0.3, 0.4) is 0 Å². The Morgan fingerprint density at radius 1 is 1.27 bits per heavy atom. The third kappa shape index (κ3) is 1.37. The van der Waals surface area contributed by atoms with Crippen molar-refractivity contribution in [2.45, 2.75) is 25.8 Å². The molecule has 0 aliphatic carbocycles. The highest BCUT2D eigenvalue weighted by molar-refractivity contribution is 5.82. The Morgan fingerprint density at radius 2 is 2.07 bits per heavy atom. The Morgan fingerprint density at radius 3 is 2.93 bits per heavy atom. The molecular weight excluding hydrogens is 184 g/mol. The van der Waals surface area contributed by atoms with Gasteiger partial charge in [0, 0.05) is 10.9 Å². The van der Waals surface area contributed by atoms with Gasteiger partial charge < -0.3 is 5.32 Å². The maximum absolute atomic E-state index is 4.64. The number of pyridine rings is 1. The standard InChI is InChI=1S/C13H14N2/c1-13(2)8-10-7-9-5-3-4-6-11(9)14-12(10)15-13/h3-7H,8H2,1-2H3,(H,14,15). The lowest BCUT2D eigenvalue weighted by atomic mass is 10.0. The van der Waals surface area contributed by atoms with Gasteiger partial charge in [-0.3, -0.25) is 0 Å². The van der Waals surface area contributed by atoms with E-state index in [0.717, 1.165) is 17.8 Å². The SMILES string of the molecule is CC1(C)Cc2cc3ccccc3nc2N1. The smallest absolute Gasteiger partial charge is 0.130 e. The van der Waals surface area contributed by atoms with Gasteiger partial charge in [-0.15, -0.1) is 0 Å². The molecule has 2 heteroatoms. The minimum Gasteiger partial charge on any atom is -0.365 e. The van der Waals surface area contributed by atoms with E-state index in [0.29, 0.717) is 0 Å². The van der Waals surface area contributed by atoms with E-state index in [1.807, 2.05) is 6.07 Å². The fraction of sp³-hybridized carbons (Fsp3) is 0.308. The molecule has 1 aromatic carbocycles. The molecule has 0 unspecified atom stereocenters. The molecule has 0 atom stereocenters. The summed E-state index contributed by atoms with van der Waals surface area (Å²) in [6.07, 6.45) is 1.06. The molecule has 0 spiro atoms. The molecule has 0 amide bonds. The Balaban J connectivity index is 2.23. The van der Waals surface area contributed by atoms with Crippen LogP contribution in [0.15, 0.2) is 30.3 Å². The molecule has 2 aromatic rings. The summed E-state index contributed by atoms with van der Waals surface area (Å²) >= 11 is 0. The van der Waals surface area contributed by atoms with Gasteiger partial charge in [-0.25, -0.2) is 4.98 Å². The zero-order valence-corrected chi connectivity index (χ0v) is 9.04. The van der Waals surface area contributed by atoms with Crippen LogP contribution in [0, 0.1) is 0 Å². The molecule has 0 saturated heterocycles. The third-order valence-electron chi connectivity index (χ3n) is 2.89. The van der Waals surface area contributed by atoms with E-state index in [2.05, 4.69) is 48.4 Å². The van der Waals surface area contributed by atoms with E-state index in [4.69, 9.17) is 0 Å². The van der Waals surface area contributed by atoms with Crippen LogP contribution >= 0.6 is 0 Å². The largest absolute Gasteiger partial charge is 0.365 e. The predicted octanol–water partition coefficient (Wildman–Crippen LogP) is 2.98. The first kappa shape index (κ1) is 8.72. The van der Waals surface area contributed by atoms with Gasteiger partial charge in [0.1, 0.15) is 5.82 Å². The molecule has 1 aromatic heterocycles. The molecule has 0 bridgehead atoms. The van der Waals surface area contributed by atoms with Gasteiger partial charge in [-0.1, -0.05) is 18.2 Å². The van der Waals surface area contributed by atoms with Crippen molar-refractivity contribution in [3.63, 3.8) is 0 Å². The lowest BCUT2D eigenvalue weighted by Gasteiger charge is -2.17. The maximum atomic E-state index is 4.64. The molecule has 2 nitrogen and oxygen atoms in total. The Hall–Kier alpha value is -1.57. The van der Waals surface area contributed by atoms with Gasteiger partial charge in [0.25, 0.3) is 0 Å². The van der Waals surface area contributed by atoms with Crippen LogP contribution < -0.4 is 5.32 Å². The highest BCUT2D eigenvalue weighted by Crippen LogP contribution is 2.32. The summed E-state index contributed by atoms with van der Waals surface area (Å²) in [5.74, 6) is 1.05. The highest BCUT2D eigenvalue weighted by atomic mass is 15.1.